The Bertz CT molecular complexity index is 936. The summed E-state index contributed by atoms with van der Waals surface area (Å²) >= 11 is 0. The second kappa shape index (κ2) is 7.19. The van der Waals surface area contributed by atoms with Gasteiger partial charge in [-0.2, -0.15) is 0 Å². The highest BCUT2D eigenvalue weighted by Gasteiger charge is 2.34. The van der Waals surface area contributed by atoms with Gasteiger partial charge >= 0.3 is 0 Å². The van der Waals surface area contributed by atoms with Crippen molar-refractivity contribution in [2.45, 2.75) is 12.5 Å². The molecule has 3 aromatic rings. The Kier molecular flexibility index (Phi) is 4.59. The van der Waals surface area contributed by atoms with E-state index in [0.717, 1.165) is 17.5 Å². The molecule has 1 atom stereocenters. The Morgan fingerprint density at radius 3 is 2.44 bits per heavy atom. The maximum absolute atomic E-state index is 13.2. The van der Waals surface area contributed by atoms with Crippen molar-refractivity contribution >= 4 is 5.91 Å². The van der Waals surface area contributed by atoms with E-state index in [1.807, 2.05) is 47.4 Å². The van der Waals surface area contributed by atoms with Crippen molar-refractivity contribution in [3.8, 4) is 11.5 Å². The van der Waals surface area contributed by atoms with Crippen molar-refractivity contribution in [3.05, 3.63) is 83.2 Å². The second-order valence-electron chi connectivity index (χ2n) is 6.55. The highest BCUT2D eigenvalue weighted by atomic mass is 16.5. The topological polar surface area (TPSA) is 54.6 Å². The molecule has 138 valence electrons. The molecule has 0 saturated carbocycles. The molecule has 5 heteroatoms. The Labute approximate surface area is 158 Å². The summed E-state index contributed by atoms with van der Waals surface area (Å²) in [5.41, 5.74) is 3.92. The van der Waals surface area contributed by atoms with Crippen molar-refractivity contribution in [3.63, 3.8) is 0 Å². The lowest BCUT2D eigenvalue weighted by Gasteiger charge is -2.38. The predicted molar refractivity (Wildman–Crippen MR) is 103 cm³/mol. The van der Waals surface area contributed by atoms with Crippen LogP contribution >= 0.6 is 0 Å². The summed E-state index contributed by atoms with van der Waals surface area (Å²) in [6, 6.07) is 17.6. The zero-order valence-corrected chi connectivity index (χ0v) is 15.4. The van der Waals surface area contributed by atoms with Gasteiger partial charge in [0.05, 0.1) is 20.3 Å². The van der Waals surface area contributed by atoms with Crippen LogP contribution in [-0.4, -0.2) is 36.6 Å². The number of benzene rings is 2. The molecular formula is C22H22N2O3. The summed E-state index contributed by atoms with van der Waals surface area (Å²) < 4.78 is 11.0. The molecule has 0 bridgehead atoms. The van der Waals surface area contributed by atoms with Gasteiger partial charge in [-0.15, -0.1) is 0 Å². The van der Waals surface area contributed by atoms with E-state index in [4.69, 9.17) is 9.47 Å². The van der Waals surface area contributed by atoms with Crippen LogP contribution in [0, 0.1) is 0 Å². The van der Waals surface area contributed by atoms with Crippen LogP contribution in [0.4, 0.5) is 0 Å². The lowest BCUT2D eigenvalue weighted by atomic mass is 9.87. The highest BCUT2D eigenvalue weighted by Crippen LogP contribution is 2.41. The summed E-state index contributed by atoms with van der Waals surface area (Å²) in [4.78, 5) is 18.1. The number of nitrogens with zero attached hydrogens (tertiary/aromatic N) is 1. The number of hydrogen-bond donors (Lipinski definition) is 1. The standard InChI is InChI=1S/C22H22N2O3/c1-26-19-13-16-10-12-24(22(25)18-9-6-11-23-18)21(15-7-4-3-5-8-15)17(16)14-20(19)27-2/h3-9,11,13-14,21,23H,10,12H2,1-2H3. The first-order chi connectivity index (χ1) is 13.2. The van der Waals surface area contributed by atoms with Gasteiger partial charge < -0.3 is 19.4 Å². The molecule has 1 unspecified atom stereocenters. The van der Waals surface area contributed by atoms with E-state index < -0.39 is 0 Å². The third kappa shape index (κ3) is 3.05. The van der Waals surface area contributed by atoms with Gasteiger partial charge in [-0.05, 0) is 47.4 Å². The molecule has 1 aliphatic heterocycles. The Hall–Kier alpha value is -3.21. The van der Waals surface area contributed by atoms with Crippen molar-refractivity contribution in [1.82, 2.24) is 9.88 Å². The fourth-order valence-electron chi connectivity index (χ4n) is 3.78. The van der Waals surface area contributed by atoms with Crippen molar-refractivity contribution in [1.29, 1.82) is 0 Å². The third-order valence-electron chi connectivity index (χ3n) is 5.08. The number of rotatable bonds is 4. The lowest BCUT2D eigenvalue weighted by molar-refractivity contribution is 0.0689. The van der Waals surface area contributed by atoms with Gasteiger partial charge in [0, 0.05) is 12.7 Å². The van der Waals surface area contributed by atoms with Crippen LogP contribution in [0.2, 0.25) is 0 Å². The van der Waals surface area contributed by atoms with E-state index in [-0.39, 0.29) is 11.9 Å². The number of hydrogen-bond acceptors (Lipinski definition) is 3. The number of methoxy groups -OCH3 is 2. The number of fused-ring (bicyclic) bond motifs is 1. The van der Waals surface area contributed by atoms with E-state index in [9.17, 15) is 4.79 Å². The van der Waals surface area contributed by atoms with Gasteiger partial charge in [-0.3, -0.25) is 4.79 Å². The fourth-order valence-corrected chi connectivity index (χ4v) is 3.78. The van der Waals surface area contributed by atoms with Crippen LogP contribution in [0.5, 0.6) is 11.5 Å². The predicted octanol–water partition coefficient (Wildman–Crippen LogP) is 3.82. The molecule has 0 radical (unpaired) electrons. The molecule has 0 spiro atoms. The number of nitrogens with one attached hydrogen (secondary N) is 1. The van der Waals surface area contributed by atoms with Crippen LogP contribution in [0.15, 0.2) is 60.8 Å². The van der Waals surface area contributed by atoms with Crippen LogP contribution in [-0.2, 0) is 6.42 Å². The molecule has 5 nitrogen and oxygen atoms in total. The quantitative estimate of drug-likeness (QED) is 0.768. The summed E-state index contributed by atoms with van der Waals surface area (Å²) in [5, 5.41) is 0. The van der Waals surface area contributed by atoms with Gasteiger partial charge in [-0.25, -0.2) is 0 Å². The highest BCUT2D eigenvalue weighted by molar-refractivity contribution is 5.93. The van der Waals surface area contributed by atoms with Crippen LogP contribution < -0.4 is 9.47 Å². The molecule has 2 heterocycles. The van der Waals surface area contributed by atoms with E-state index in [2.05, 4.69) is 17.1 Å². The average molecular weight is 362 g/mol. The summed E-state index contributed by atoms with van der Waals surface area (Å²) in [6.45, 7) is 0.639. The smallest absolute Gasteiger partial charge is 0.271 e. The minimum Gasteiger partial charge on any atom is -0.493 e. The monoisotopic (exact) mass is 362 g/mol. The number of aromatic nitrogens is 1. The lowest BCUT2D eigenvalue weighted by Crippen LogP contribution is -2.40. The van der Waals surface area contributed by atoms with Crippen LogP contribution in [0.25, 0.3) is 0 Å². The molecule has 27 heavy (non-hydrogen) atoms. The van der Waals surface area contributed by atoms with Crippen molar-refractivity contribution in [2.75, 3.05) is 20.8 Å². The maximum atomic E-state index is 13.2. The van der Waals surface area contributed by atoms with Crippen molar-refractivity contribution in [2.24, 2.45) is 0 Å². The van der Waals surface area contributed by atoms with Gasteiger partial charge in [0.15, 0.2) is 11.5 Å². The van der Waals surface area contributed by atoms with Crippen molar-refractivity contribution < 1.29 is 14.3 Å². The van der Waals surface area contributed by atoms with Gasteiger partial charge in [0.1, 0.15) is 5.69 Å². The number of carbonyl (C=O) groups is 1. The minimum absolute atomic E-state index is 0.00529. The number of ether oxygens (including phenoxy) is 2. The zero-order valence-electron chi connectivity index (χ0n) is 15.4. The second-order valence-corrected chi connectivity index (χ2v) is 6.55. The SMILES string of the molecule is COc1cc2c(cc1OC)C(c1ccccc1)N(C(=O)c1ccc[nH]1)CC2. The first-order valence-electron chi connectivity index (χ1n) is 8.97. The Morgan fingerprint density at radius 1 is 1.04 bits per heavy atom. The molecule has 0 aliphatic carbocycles. The minimum atomic E-state index is -0.175. The third-order valence-corrected chi connectivity index (χ3v) is 5.08. The van der Waals surface area contributed by atoms with Gasteiger partial charge in [0.25, 0.3) is 5.91 Å². The molecular weight excluding hydrogens is 340 g/mol. The first-order valence-corrected chi connectivity index (χ1v) is 8.97. The fraction of sp³-hybridized carbons (Fsp3) is 0.227. The normalized spacial score (nSPS) is 15.9. The van der Waals surface area contributed by atoms with E-state index >= 15 is 0 Å². The molecule has 1 N–H and O–H groups in total. The Balaban J connectivity index is 1.85. The number of carbonyl (C=O) groups excluding carboxylic acids is 1. The number of H-pyrrole nitrogens is 1. The van der Waals surface area contributed by atoms with Crippen LogP contribution in [0.1, 0.15) is 33.2 Å². The summed E-state index contributed by atoms with van der Waals surface area (Å²) in [7, 11) is 3.27. The summed E-state index contributed by atoms with van der Waals surface area (Å²) in [6.07, 6.45) is 2.54. The molecule has 4 rings (SSSR count). The summed E-state index contributed by atoms with van der Waals surface area (Å²) in [5.74, 6) is 1.38. The van der Waals surface area contributed by atoms with E-state index in [0.29, 0.717) is 23.7 Å². The number of aromatic amines is 1. The van der Waals surface area contributed by atoms with Gasteiger partial charge in [-0.1, -0.05) is 30.3 Å². The molecule has 0 saturated heterocycles. The Morgan fingerprint density at radius 2 is 1.78 bits per heavy atom. The van der Waals surface area contributed by atoms with Gasteiger partial charge in [0.2, 0.25) is 0 Å². The molecule has 1 aliphatic rings. The average Bonchev–Trinajstić information content (AvgIpc) is 3.26. The maximum Gasteiger partial charge on any atom is 0.271 e. The molecule has 1 aromatic heterocycles. The zero-order chi connectivity index (χ0) is 18.8. The first kappa shape index (κ1) is 17.2. The molecule has 0 fully saturated rings. The van der Waals surface area contributed by atoms with Crippen LogP contribution in [0.3, 0.4) is 0 Å². The number of amides is 1. The largest absolute Gasteiger partial charge is 0.493 e. The van der Waals surface area contributed by atoms with E-state index in [1.54, 1.807) is 20.4 Å². The molecule has 1 amide bonds. The van der Waals surface area contributed by atoms with E-state index in [1.165, 1.54) is 5.56 Å². The molecule has 2 aromatic carbocycles.